The van der Waals surface area contributed by atoms with Crippen molar-refractivity contribution in [1.82, 2.24) is 10.2 Å². The van der Waals surface area contributed by atoms with Crippen molar-refractivity contribution >= 4 is 28.8 Å². The van der Waals surface area contributed by atoms with E-state index in [0.717, 1.165) is 22.2 Å². The van der Waals surface area contributed by atoms with Gasteiger partial charge in [-0.2, -0.15) is 0 Å². The minimum absolute atomic E-state index is 0.00844. The summed E-state index contributed by atoms with van der Waals surface area (Å²) in [6.07, 6.45) is 0. The van der Waals surface area contributed by atoms with Crippen LogP contribution in [0.3, 0.4) is 0 Å². The molecule has 0 aromatic heterocycles. The zero-order valence-electron chi connectivity index (χ0n) is 10.4. The molecule has 0 unspecified atom stereocenters. The molecule has 0 aromatic carbocycles. The largest absolute Gasteiger partial charge is 0.352 e. The van der Waals surface area contributed by atoms with Gasteiger partial charge in [-0.1, -0.05) is 5.57 Å². The van der Waals surface area contributed by atoms with E-state index in [0.29, 0.717) is 4.91 Å². The fourth-order valence-electron chi connectivity index (χ4n) is 1.36. The molecule has 1 heterocycles. The number of allylic oxidation sites excluding steroid dienone is 1. The molecule has 0 aliphatic carbocycles. The zero-order chi connectivity index (χ0) is 13.2. The van der Waals surface area contributed by atoms with E-state index in [1.165, 1.54) is 0 Å². The summed E-state index contributed by atoms with van der Waals surface area (Å²) in [5, 5.41) is 2.26. The average molecular weight is 256 g/mol. The molecule has 0 saturated carbocycles. The first-order valence-corrected chi connectivity index (χ1v) is 6.15. The highest BCUT2D eigenvalue weighted by atomic mass is 32.2. The van der Waals surface area contributed by atoms with Gasteiger partial charge in [0.2, 0.25) is 5.91 Å². The molecule has 3 amide bonds. The number of nitrogens with one attached hydrogen (secondary N) is 1. The minimum Gasteiger partial charge on any atom is -0.352 e. The number of hydrogen-bond donors (Lipinski definition) is 1. The smallest absolute Gasteiger partial charge is 0.294 e. The Morgan fingerprint density at radius 2 is 1.94 bits per heavy atom. The Balaban J connectivity index is 2.74. The number of thioether (sulfide) groups is 1. The molecule has 1 saturated heterocycles. The molecule has 5 nitrogen and oxygen atoms in total. The lowest BCUT2D eigenvalue weighted by Gasteiger charge is -2.14. The maximum Gasteiger partial charge on any atom is 0.294 e. The van der Waals surface area contributed by atoms with Crippen LogP contribution in [0.25, 0.3) is 0 Å². The van der Waals surface area contributed by atoms with Gasteiger partial charge in [-0.05, 0) is 39.5 Å². The van der Waals surface area contributed by atoms with E-state index >= 15 is 0 Å². The summed E-state index contributed by atoms with van der Waals surface area (Å²) in [5.41, 5.74) is 0.792. The van der Waals surface area contributed by atoms with E-state index in [2.05, 4.69) is 5.32 Å². The van der Waals surface area contributed by atoms with E-state index < -0.39 is 0 Å². The quantitative estimate of drug-likeness (QED) is 0.777. The molecular formula is C11H16N2O3S. The molecule has 17 heavy (non-hydrogen) atoms. The van der Waals surface area contributed by atoms with Crippen molar-refractivity contribution in [3.05, 3.63) is 10.5 Å². The van der Waals surface area contributed by atoms with Crippen LogP contribution in [-0.2, 0) is 9.59 Å². The van der Waals surface area contributed by atoms with Gasteiger partial charge in [0.25, 0.3) is 11.1 Å². The van der Waals surface area contributed by atoms with Gasteiger partial charge in [0.15, 0.2) is 0 Å². The molecule has 94 valence electrons. The van der Waals surface area contributed by atoms with Crippen LogP contribution in [0.5, 0.6) is 0 Å². The number of rotatable bonds is 3. The monoisotopic (exact) mass is 256 g/mol. The molecule has 0 bridgehead atoms. The summed E-state index contributed by atoms with van der Waals surface area (Å²) in [6, 6.07) is -0.00844. The van der Waals surface area contributed by atoms with Crippen molar-refractivity contribution in [2.75, 3.05) is 6.54 Å². The number of imide groups is 1. The summed E-state index contributed by atoms with van der Waals surface area (Å²) in [5.74, 6) is -0.698. The Morgan fingerprint density at radius 1 is 1.35 bits per heavy atom. The second kappa shape index (κ2) is 5.35. The van der Waals surface area contributed by atoms with Gasteiger partial charge in [-0.3, -0.25) is 19.3 Å². The molecule has 0 radical (unpaired) electrons. The first-order chi connectivity index (χ1) is 7.82. The summed E-state index contributed by atoms with van der Waals surface area (Å²) in [4.78, 5) is 36.3. The second-order valence-electron chi connectivity index (χ2n) is 4.31. The van der Waals surface area contributed by atoms with Gasteiger partial charge < -0.3 is 5.32 Å². The van der Waals surface area contributed by atoms with Gasteiger partial charge in [-0.25, -0.2) is 0 Å². The lowest BCUT2D eigenvalue weighted by Crippen LogP contribution is -2.41. The van der Waals surface area contributed by atoms with Crippen molar-refractivity contribution in [2.24, 2.45) is 0 Å². The van der Waals surface area contributed by atoms with E-state index in [1.54, 1.807) is 13.8 Å². The molecular weight excluding hydrogens is 240 g/mol. The number of carbonyl (C=O) groups excluding carboxylic acids is 3. The van der Waals surface area contributed by atoms with Crippen molar-refractivity contribution in [3.8, 4) is 0 Å². The predicted octanol–water partition coefficient (Wildman–Crippen LogP) is 1.50. The Hall–Kier alpha value is -1.30. The highest BCUT2D eigenvalue weighted by Gasteiger charge is 2.36. The molecule has 1 rings (SSSR count). The molecule has 0 atom stereocenters. The van der Waals surface area contributed by atoms with Gasteiger partial charge in [0, 0.05) is 6.04 Å². The van der Waals surface area contributed by atoms with E-state index in [9.17, 15) is 14.4 Å². The second-order valence-corrected chi connectivity index (χ2v) is 5.27. The van der Waals surface area contributed by atoms with Gasteiger partial charge in [0.1, 0.15) is 6.54 Å². The van der Waals surface area contributed by atoms with Crippen LogP contribution < -0.4 is 5.32 Å². The summed E-state index contributed by atoms with van der Waals surface area (Å²) < 4.78 is 0. The highest BCUT2D eigenvalue weighted by molar-refractivity contribution is 8.18. The molecule has 0 aromatic rings. The summed E-state index contributed by atoms with van der Waals surface area (Å²) in [7, 11) is 0. The molecule has 1 aliphatic heterocycles. The van der Waals surface area contributed by atoms with E-state index in [4.69, 9.17) is 0 Å². The van der Waals surface area contributed by atoms with Crippen LogP contribution in [0.2, 0.25) is 0 Å². The Bertz CT molecular complexity index is 398. The first-order valence-electron chi connectivity index (χ1n) is 5.33. The van der Waals surface area contributed by atoms with E-state index in [1.807, 2.05) is 13.8 Å². The van der Waals surface area contributed by atoms with Gasteiger partial charge in [-0.15, -0.1) is 0 Å². The van der Waals surface area contributed by atoms with Crippen molar-refractivity contribution in [3.63, 3.8) is 0 Å². The number of amides is 3. The van der Waals surface area contributed by atoms with Crippen LogP contribution in [0.15, 0.2) is 10.5 Å². The van der Waals surface area contributed by atoms with Crippen LogP contribution in [0.4, 0.5) is 4.79 Å². The average Bonchev–Trinajstić information content (AvgIpc) is 2.44. The number of nitrogens with zero attached hydrogens (tertiary/aromatic N) is 1. The summed E-state index contributed by atoms with van der Waals surface area (Å²) in [6.45, 7) is 6.97. The Morgan fingerprint density at radius 3 is 2.35 bits per heavy atom. The fraction of sp³-hybridized carbons (Fsp3) is 0.545. The molecule has 1 fully saturated rings. The van der Waals surface area contributed by atoms with Crippen LogP contribution in [0.1, 0.15) is 27.7 Å². The van der Waals surface area contributed by atoms with Crippen molar-refractivity contribution < 1.29 is 14.4 Å². The van der Waals surface area contributed by atoms with Gasteiger partial charge >= 0.3 is 0 Å². The van der Waals surface area contributed by atoms with Crippen LogP contribution in [-0.4, -0.2) is 34.5 Å². The normalized spacial score (nSPS) is 15.8. The molecule has 1 N–H and O–H groups in total. The number of carbonyl (C=O) groups is 3. The Labute approximate surface area is 105 Å². The van der Waals surface area contributed by atoms with Crippen molar-refractivity contribution in [1.29, 1.82) is 0 Å². The zero-order valence-corrected chi connectivity index (χ0v) is 11.2. The maximum absolute atomic E-state index is 11.8. The number of hydrogen-bond acceptors (Lipinski definition) is 4. The Kier molecular flexibility index (Phi) is 4.34. The predicted molar refractivity (Wildman–Crippen MR) is 66.4 cm³/mol. The topological polar surface area (TPSA) is 66.5 Å². The minimum atomic E-state index is -0.384. The SMILES string of the molecule is CC(C)=C1SC(=O)N(CC(=O)NC(C)C)C1=O. The van der Waals surface area contributed by atoms with Crippen LogP contribution >= 0.6 is 11.8 Å². The lowest BCUT2D eigenvalue weighted by atomic mass is 10.3. The molecule has 6 heteroatoms. The van der Waals surface area contributed by atoms with E-state index in [-0.39, 0.29) is 29.6 Å². The third kappa shape index (κ3) is 3.33. The standard InChI is InChI=1S/C11H16N2O3S/c1-6(2)9-10(15)13(11(16)17-9)5-8(14)12-7(3)4/h7H,5H2,1-4H3,(H,12,14). The molecule has 1 aliphatic rings. The van der Waals surface area contributed by atoms with Crippen LogP contribution in [0, 0.1) is 0 Å². The van der Waals surface area contributed by atoms with Gasteiger partial charge in [0.05, 0.1) is 4.91 Å². The maximum atomic E-state index is 11.8. The van der Waals surface area contributed by atoms with Crippen molar-refractivity contribution in [2.45, 2.75) is 33.7 Å². The lowest BCUT2D eigenvalue weighted by molar-refractivity contribution is -0.129. The third-order valence-corrected chi connectivity index (χ3v) is 3.24. The summed E-state index contributed by atoms with van der Waals surface area (Å²) >= 11 is 0.888. The highest BCUT2D eigenvalue weighted by Crippen LogP contribution is 2.32. The third-order valence-electron chi connectivity index (χ3n) is 2.05. The fourth-order valence-corrected chi connectivity index (χ4v) is 2.19. The molecule has 0 spiro atoms. The first kappa shape index (κ1) is 13.8.